The van der Waals surface area contributed by atoms with Gasteiger partial charge in [0.05, 0.1) is 16.2 Å². The molecule has 8 nitrogen and oxygen atoms in total. The third-order valence-electron chi connectivity index (χ3n) is 3.61. The molecule has 1 heterocycles. The minimum atomic E-state index is -0.560. The molecule has 0 aliphatic rings. The highest BCUT2D eigenvalue weighted by Gasteiger charge is 2.11. The Morgan fingerprint density at radius 1 is 1.04 bits per heavy atom. The molecule has 9 heteroatoms. The van der Waals surface area contributed by atoms with Gasteiger partial charge >= 0.3 is 0 Å². The standard InChI is InChI=1S/C18H14N4O4S/c23-16(11-27-15-5-1-3-12-4-2-10-19-17(12)15)20-21-18(24)13-6-8-14(9-7-13)22(25)26/h1-10H,11H2,(H,20,23)(H,21,24). The number of amides is 2. The molecule has 2 amide bonds. The molecular weight excluding hydrogens is 368 g/mol. The van der Waals surface area contributed by atoms with Crippen molar-refractivity contribution < 1.29 is 14.5 Å². The van der Waals surface area contributed by atoms with Gasteiger partial charge in [-0.15, -0.1) is 11.8 Å². The lowest BCUT2D eigenvalue weighted by molar-refractivity contribution is -0.384. The number of hydrogen-bond acceptors (Lipinski definition) is 6. The summed E-state index contributed by atoms with van der Waals surface area (Å²) in [5.41, 5.74) is 5.50. The van der Waals surface area contributed by atoms with E-state index in [0.717, 1.165) is 15.8 Å². The molecule has 0 aliphatic carbocycles. The molecule has 0 fully saturated rings. The van der Waals surface area contributed by atoms with Gasteiger partial charge in [-0.2, -0.15) is 0 Å². The van der Waals surface area contributed by atoms with Crippen LogP contribution in [0.25, 0.3) is 10.9 Å². The molecule has 0 saturated carbocycles. The van der Waals surface area contributed by atoms with Crippen molar-refractivity contribution in [1.82, 2.24) is 15.8 Å². The third kappa shape index (κ3) is 4.59. The Morgan fingerprint density at radius 3 is 2.52 bits per heavy atom. The fourth-order valence-electron chi connectivity index (χ4n) is 2.31. The average Bonchev–Trinajstić information content (AvgIpc) is 2.70. The summed E-state index contributed by atoms with van der Waals surface area (Å²) in [6, 6.07) is 14.6. The van der Waals surface area contributed by atoms with Gasteiger partial charge in [0.2, 0.25) is 5.91 Å². The maximum Gasteiger partial charge on any atom is 0.269 e. The highest BCUT2D eigenvalue weighted by molar-refractivity contribution is 8.00. The summed E-state index contributed by atoms with van der Waals surface area (Å²) in [7, 11) is 0. The largest absolute Gasteiger partial charge is 0.272 e. The van der Waals surface area contributed by atoms with E-state index in [-0.39, 0.29) is 22.9 Å². The summed E-state index contributed by atoms with van der Waals surface area (Å²) in [4.78, 5) is 39.2. The van der Waals surface area contributed by atoms with Gasteiger partial charge in [0.1, 0.15) is 0 Å². The smallest absolute Gasteiger partial charge is 0.269 e. The van der Waals surface area contributed by atoms with Gasteiger partial charge in [-0.1, -0.05) is 18.2 Å². The Balaban J connectivity index is 1.53. The molecule has 0 saturated heterocycles. The SMILES string of the molecule is O=C(CSc1cccc2cccnc12)NNC(=O)c1ccc([N+](=O)[O-])cc1. The van der Waals surface area contributed by atoms with E-state index in [1.807, 2.05) is 30.3 Å². The van der Waals surface area contributed by atoms with Crippen LogP contribution in [-0.2, 0) is 4.79 Å². The van der Waals surface area contributed by atoms with Gasteiger partial charge in [0, 0.05) is 34.2 Å². The second-order valence-electron chi connectivity index (χ2n) is 5.43. The summed E-state index contributed by atoms with van der Waals surface area (Å²) in [5, 5.41) is 11.6. The Labute approximate surface area is 158 Å². The van der Waals surface area contributed by atoms with E-state index < -0.39 is 10.8 Å². The molecule has 1 aromatic heterocycles. The van der Waals surface area contributed by atoms with Crippen LogP contribution >= 0.6 is 11.8 Å². The highest BCUT2D eigenvalue weighted by Crippen LogP contribution is 2.25. The second kappa shape index (κ2) is 8.28. The van der Waals surface area contributed by atoms with Crippen molar-refractivity contribution in [3.63, 3.8) is 0 Å². The van der Waals surface area contributed by atoms with Crippen molar-refractivity contribution in [3.8, 4) is 0 Å². The number of benzene rings is 2. The number of hydrogen-bond donors (Lipinski definition) is 2. The molecule has 2 aromatic carbocycles. The zero-order valence-corrected chi connectivity index (χ0v) is 14.7. The quantitative estimate of drug-likeness (QED) is 0.398. The number of carbonyl (C=O) groups excluding carboxylic acids is 2. The number of nitrogens with zero attached hydrogens (tertiary/aromatic N) is 2. The summed E-state index contributed by atoms with van der Waals surface area (Å²) in [6.45, 7) is 0. The number of hydrazine groups is 1. The van der Waals surface area contributed by atoms with Crippen molar-refractivity contribution in [1.29, 1.82) is 0 Å². The van der Waals surface area contributed by atoms with Crippen LogP contribution in [0.2, 0.25) is 0 Å². The van der Waals surface area contributed by atoms with E-state index in [1.54, 1.807) is 6.20 Å². The number of aromatic nitrogens is 1. The van der Waals surface area contributed by atoms with Crippen LogP contribution in [0, 0.1) is 10.1 Å². The first-order valence-corrected chi connectivity index (χ1v) is 8.83. The zero-order valence-electron chi connectivity index (χ0n) is 13.9. The van der Waals surface area contributed by atoms with E-state index in [4.69, 9.17) is 0 Å². The molecular formula is C18H14N4O4S. The fourth-order valence-corrected chi connectivity index (χ4v) is 3.15. The van der Waals surface area contributed by atoms with Gasteiger partial charge < -0.3 is 0 Å². The second-order valence-corrected chi connectivity index (χ2v) is 6.44. The third-order valence-corrected chi connectivity index (χ3v) is 4.66. The van der Waals surface area contributed by atoms with Gasteiger partial charge in [0.15, 0.2) is 0 Å². The van der Waals surface area contributed by atoms with Crippen LogP contribution in [0.4, 0.5) is 5.69 Å². The summed E-state index contributed by atoms with van der Waals surface area (Å²) < 4.78 is 0. The molecule has 3 rings (SSSR count). The first-order chi connectivity index (χ1) is 13.0. The molecule has 0 radical (unpaired) electrons. The molecule has 136 valence electrons. The van der Waals surface area contributed by atoms with Gasteiger partial charge in [-0.25, -0.2) is 0 Å². The zero-order chi connectivity index (χ0) is 19.2. The molecule has 0 unspecified atom stereocenters. The van der Waals surface area contributed by atoms with Crippen LogP contribution in [0.3, 0.4) is 0 Å². The van der Waals surface area contributed by atoms with Crippen molar-refractivity contribution >= 4 is 40.2 Å². The van der Waals surface area contributed by atoms with Crippen LogP contribution in [0.15, 0.2) is 65.7 Å². The average molecular weight is 382 g/mol. The first-order valence-electron chi connectivity index (χ1n) is 7.85. The van der Waals surface area contributed by atoms with Gasteiger partial charge in [-0.3, -0.25) is 35.5 Å². The molecule has 0 atom stereocenters. The van der Waals surface area contributed by atoms with Crippen molar-refractivity contribution in [2.45, 2.75) is 4.90 Å². The summed E-state index contributed by atoms with van der Waals surface area (Å²) in [6.07, 6.45) is 1.69. The van der Waals surface area contributed by atoms with E-state index in [1.165, 1.54) is 36.0 Å². The molecule has 2 N–H and O–H groups in total. The number of fused-ring (bicyclic) bond motifs is 1. The van der Waals surface area contributed by atoms with Crippen LogP contribution in [0.5, 0.6) is 0 Å². The molecule has 0 spiro atoms. The number of nitro groups is 1. The van der Waals surface area contributed by atoms with E-state index >= 15 is 0 Å². The lowest BCUT2D eigenvalue weighted by atomic mass is 10.2. The Hall–Kier alpha value is -3.46. The Bertz CT molecular complexity index is 1000. The molecule has 0 bridgehead atoms. The minimum absolute atomic E-state index is 0.0935. The normalized spacial score (nSPS) is 10.4. The van der Waals surface area contributed by atoms with Crippen molar-refractivity contribution in [2.75, 3.05) is 5.75 Å². The minimum Gasteiger partial charge on any atom is -0.272 e. The maximum absolute atomic E-state index is 12.0. The van der Waals surface area contributed by atoms with Gasteiger partial charge in [-0.05, 0) is 24.3 Å². The Kier molecular flexibility index (Phi) is 5.62. The summed E-state index contributed by atoms with van der Waals surface area (Å²) >= 11 is 1.31. The van der Waals surface area contributed by atoms with E-state index in [2.05, 4.69) is 15.8 Å². The highest BCUT2D eigenvalue weighted by atomic mass is 32.2. The number of nitrogens with one attached hydrogen (secondary N) is 2. The van der Waals surface area contributed by atoms with Crippen LogP contribution in [0.1, 0.15) is 10.4 Å². The van der Waals surface area contributed by atoms with Crippen LogP contribution < -0.4 is 10.9 Å². The predicted octanol–water partition coefficient (Wildman–Crippen LogP) is 2.70. The topological polar surface area (TPSA) is 114 Å². The number of nitro benzene ring substituents is 1. The van der Waals surface area contributed by atoms with E-state index in [9.17, 15) is 19.7 Å². The number of rotatable bonds is 5. The maximum atomic E-state index is 12.0. The number of carbonyl (C=O) groups is 2. The van der Waals surface area contributed by atoms with Crippen molar-refractivity contribution in [2.24, 2.45) is 0 Å². The number of para-hydroxylation sites is 1. The lowest BCUT2D eigenvalue weighted by Crippen LogP contribution is -2.42. The number of thioether (sulfide) groups is 1. The van der Waals surface area contributed by atoms with E-state index in [0.29, 0.717) is 0 Å². The molecule has 0 aliphatic heterocycles. The van der Waals surface area contributed by atoms with Crippen LogP contribution in [-0.4, -0.2) is 27.5 Å². The lowest BCUT2D eigenvalue weighted by Gasteiger charge is -2.08. The molecule has 27 heavy (non-hydrogen) atoms. The van der Waals surface area contributed by atoms with Crippen molar-refractivity contribution in [3.05, 3.63) is 76.5 Å². The van der Waals surface area contributed by atoms with Gasteiger partial charge in [0.25, 0.3) is 11.6 Å². The Morgan fingerprint density at radius 2 is 1.78 bits per heavy atom. The number of pyridine rings is 1. The first kappa shape index (κ1) is 18.3. The fraction of sp³-hybridized carbons (Fsp3) is 0.0556. The summed E-state index contributed by atoms with van der Waals surface area (Å²) in [5.74, 6) is -0.853. The predicted molar refractivity (Wildman–Crippen MR) is 101 cm³/mol. The number of non-ortho nitro benzene ring substituents is 1. The molecule has 3 aromatic rings. The monoisotopic (exact) mass is 382 g/mol.